The van der Waals surface area contributed by atoms with Crippen molar-refractivity contribution >= 4 is 69.1 Å². The fraction of sp³-hybridized carbons (Fsp3) is 0.389. The van der Waals surface area contributed by atoms with Crippen molar-refractivity contribution in [3.63, 3.8) is 0 Å². The molecule has 27 nitrogen and oxygen atoms in total. The fourth-order valence-electron chi connectivity index (χ4n) is 6.23. The lowest BCUT2D eigenvalue weighted by atomic mass is 9.87. The molecule has 0 spiro atoms. The second kappa shape index (κ2) is 21.8. The van der Waals surface area contributed by atoms with Gasteiger partial charge in [0, 0.05) is 41.8 Å². The number of carbonyl (C=O) groups excluding carboxylic acids is 3. The highest BCUT2D eigenvalue weighted by atomic mass is 32.2. The highest BCUT2D eigenvalue weighted by molar-refractivity contribution is 8.14. The summed E-state index contributed by atoms with van der Waals surface area (Å²) in [5.74, 6) is -1.84. The van der Waals surface area contributed by atoms with E-state index < -0.39 is 90.4 Å². The topological polar surface area (TPSA) is 403 Å². The molecular formula is C36H43FN9O18P3S. The largest absolute Gasteiger partial charge is 0.481 e. The van der Waals surface area contributed by atoms with Gasteiger partial charge in [0.1, 0.15) is 42.1 Å². The number of fused-ring (bicyclic) bond motifs is 1. The minimum absolute atomic E-state index is 0.0174. The van der Waals surface area contributed by atoms with Crippen LogP contribution in [0.25, 0.3) is 34.0 Å². The number of ether oxygens (including phenoxy) is 1. The number of nitrogen functional groups attached to an aromatic ring is 1. The maximum Gasteiger partial charge on any atom is 0.481 e. The van der Waals surface area contributed by atoms with E-state index in [0.29, 0.717) is 11.1 Å². The lowest BCUT2D eigenvalue weighted by molar-refractivity contribution is -0.137. The SMILES string of the molecule is CC(C)(COP(=O)(O)OP(=O)(O)OCC1OC(n2cnc3c(N)ncnc32)C(O)C1OP(=O)(O)O)C(O)C(=O)NCCC(=O)NCCSC(=O)c1cccc(-c2noc(-c3ccccc3F)n2)c1. The molecule has 10 N–H and O–H groups in total. The molecule has 2 amide bonds. The standard InChI is InChI=1S/C36H43FN9O18P3S/c1-36(2,16-60-67(57,58)64-66(55,56)59-15-23-27(63-65(52,53)54)26(48)34(61-23)46-18-43-25-29(38)41-17-42-31(25)46)28(49)32(50)40-11-10-24(47)39-12-13-68-35(51)20-7-5-6-19(14-20)30-44-33(62-45-30)21-8-3-4-9-22(21)37/h3-9,14,17-18,23,26-28,34,48-49H,10-13,15-16H2,1-2H3,(H,39,47)(H,40,50)(H,55,56)(H,57,58)(H2,38,41,42)(H2,52,53,54). The van der Waals surface area contributed by atoms with E-state index in [1.165, 1.54) is 32.0 Å². The third kappa shape index (κ3) is 13.6. The number of halogens is 1. The average molecular weight is 1030 g/mol. The normalized spacial score (nSPS) is 19.8. The summed E-state index contributed by atoms with van der Waals surface area (Å²) in [4.78, 5) is 93.4. The molecule has 4 heterocycles. The number of thioether (sulfide) groups is 1. The molecule has 7 atom stereocenters. The molecule has 5 aromatic rings. The first-order valence-electron chi connectivity index (χ1n) is 19.7. The van der Waals surface area contributed by atoms with E-state index in [1.54, 1.807) is 30.3 Å². The molecule has 0 saturated carbocycles. The number of nitrogens with one attached hydrogen (secondary N) is 2. The number of amides is 2. The van der Waals surface area contributed by atoms with Crippen LogP contribution in [-0.2, 0) is 45.9 Å². The number of benzene rings is 2. The van der Waals surface area contributed by atoms with Crippen LogP contribution < -0.4 is 16.4 Å². The number of nitrogens with zero attached hydrogens (tertiary/aromatic N) is 6. The highest BCUT2D eigenvalue weighted by Crippen LogP contribution is 2.61. The van der Waals surface area contributed by atoms with Crippen LogP contribution in [0.2, 0.25) is 0 Å². The lowest BCUT2D eigenvalue weighted by Gasteiger charge is -2.30. The lowest BCUT2D eigenvalue weighted by Crippen LogP contribution is -2.46. The zero-order chi connectivity index (χ0) is 49.6. The summed E-state index contributed by atoms with van der Waals surface area (Å²) in [6, 6.07) is 12.3. The number of aliphatic hydroxyl groups is 2. The molecule has 1 aliphatic heterocycles. The van der Waals surface area contributed by atoms with Gasteiger partial charge >= 0.3 is 23.5 Å². The molecule has 2 aromatic carbocycles. The van der Waals surface area contributed by atoms with Crippen LogP contribution in [0, 0.1) is 11.2 Å². The van der Waals surface area contributed by atoms with Gasteiger partial charge in [0.25, 0.3) is 5.89 Å². The molecule has 68 heavy (non-hydrogen) atoms. The molecule has 0 aliphatic carbocycles. The van der Waals surface area contributed by atoms with E-state index in [-0.39, 0.29) is 64.6 Å². The number of carbonyl (C=O) groups is 3. The quantitative estimate of drug-likeness (QED) is 0.0353. The van der Waals surface area contributed by atoms with Gasteiger partial charge < -0.3 is 55.4 Å². The summed E-state index contributed by atoms with van der Waals surface area (Å²) < 4.78 is 81.8. The Labute approximate surface area is 387 Å². The van der Waals surface area contributed by atoms with Crippen LogP contribution in [0.15, 0.2) is 65.7 Å². The summed E-state index contributed by atoms with van der Waals surface area (Å²) >= 11 is 0.917. The number of anilines is 1. The van der Waals surface area contributed by atoms with E-state index >= 15 is 0 Å². The Morgan fingerprint density at radius 1 is 1.00 bits per heavy atom. The third-order valence-corrected chi connectivity index (χ3v) is 13.6. The van der Waals surface area contributed by atoms with Crippen LogP contribution in [0.3, 0.4) is 0 Å². The van der Waals surface area contributed by atoms with Crippen LogP contribution in [0.5, 0.6) is 0 Å². The molecule has 3 aromatic heterocycles. The number of aromatic nitrogens is 6. The molecule has 0 radical (unpaired) electrons. The smallest absolute Gasteiger partial charge is 0.386 e. The molecular weight excluding hydrogens is 990 g/mol. The van der Waals surface area contributed by atoms with Gasteiger partial charge in [-0.05, 0) is 18.2 Å². The number of phosphoric acid groups is 3. The average Bonchev–Trinajstić information content (AvgIpc) is 4.01. The minimum atomic E-state index is -5.61. The number of phosphoric ester groups is 3. The predicted octanol–water partition coefficient (Wildman–Crippen LogP) is 1.83. The number of aliphatic hydroxyl groups excluding tert-OH is 2. The number of nitrogens with two attached hydrogens (primary N) is 1. The first-order chi connectivity index (χ1) is 31.9. The van der Waals surface area contributed by atoms with Crippen molar-refractivity contribution in [3.05, 3.63) is 72.6 Å². The zero-order valence-electron chi connectivity index (χ0n) is 35.4. The Kier molecular flexibility index (Phi) is 16.8. The zero-order valence-corrected chi connectivity index (χ0v) is 38.9. The molecule has 32 heteroatoms. The van der Waals surface area contributed by atoms with E-state index in [4.69, 9.17) is 24.0 Å². The van der Waals surface area contributed by atoms with Gasteiger partial charge in [-0.3, -0.25) is 32.5 Å². The van der Waals surface area contributed by atoms with Gasteiger partial charge in [0.05, 0.1) is 25.1 Å². The van der Waals surface area contributed by atoms with Gasteiger partial charge in [-0.1, -0.05) is 61.1 Å². The van der Waals surface area contributed by atoms with Crippen LogP contribution >= 0.6 is 35.2 Å². The van der Waals surface area contributed by atoms with Gasteiger partial charge in [-0.15, -0.1) is 0 Å². The van der Waals surface area contributed by atoms with Gasteiger partial charge in [-0.2, -0.15) is 9.29 Å². The molecule has 1 aliphatic rings. The monoisotopic (exact) mass is 1030 g/mol. The fourth-order valence-corrected chi connectivity index (χ4v) is 9.74. The number of rotatable bonds is 22. The van der Waals surface area contributed by atoms with Crippen molar-refractivity contribution < 1.29 is 89.4 Å². The summed E-state index contributed by atoms with van der Waals surface area (Å²) in [6.45, 7) is 0.195. The van der Waals surface area contributed by atoms with E-state index in [1.807, 2.05) is 0 Å². The summed E-state index contributed by atoms with van der Waals surface area (Å²) in [5.41, 5.74) is 5.08. The highest BCUT2D eigenvalue weighted by Gasteiger charge is 2.50. The predicted molar refractivity (Wildman–Crippen MR) is 232 cm³/mol. The van der Waals surface area contributed by atoms with Gasteiger partial charge in [-0.25, -0.2) is 33.0 Å². The molecule has 1 fully saturated rings. The summed E-state index contributed by atoms with van der Waals surface area (Å²) in [6.07, 6.45) is -7.14. The van der Waals surface area contributed by atoms with Crippen molar-refractivity contribution in [2.75, 3.05) is 37.8 Å². The number of imidazole rings is 1. The Hall–Kier alpha value is -4.93. The minimum Gasteiger partial charge on any atom is -0.386 e. The molecule has 368 valence electrons. The number of hydrogen-bond acceptors (Lipinski definition) is 21. The summed E-state index contributed by atoms with van der Waals surface area (Å²) in [5, 5.41) is 30.1. The van der Waals surface area contributed by atoms with Crippen molar-refractivity contribution in [3.8, 4) is 22.8 Å². The number of hydrogen-bond donors (Lipinski definition) is 9. The van der Waals surface area contributed by atoms with Crippen molar-refractivity contribution in [2.24, 2.45) is 5.41 Å². The summed E-state index contributed by atoms with van der Waals surface area (Å²) in [7, 11) is -16.5. The Morgan fingerprint density at radius 3 is 2.47 bits per heavy atom. The van der Waals surface area contributed by atoms with Gasteiger partial charge in [0.2, 0.25) is 22.8 Å². The molecule has 0 bridgehead atoms. The van der Waals surface area contributed by atoms with Crippen molar-refractivity contribution in [1.29, 1.82) is 0 Å². The van der Waals surface area contributed by atoms with E-state index in [9.17, 15) is 62.3 Å². The van der Waals surface area contributed by atoms with E-state index in [2.05, 4.69) is 44.6 Å². The Balaban J connectivity index is 0.906. The maximum atomic E-state index is 14.2. The van der Waals surface area contributed by atoms with Crippen LogP contribution in [0.4, 0.5) is 10.2 Å². The maximum absolute atomic E-state index is 14.2. The molecule has 7 unspecified atom stereocenters. The van der Waals surface area contributed by atoms with Gasteiger partial charge in [0.15, 0.2) is 17.7 Å². The van der Waals surface area contributed by atoms with Crippen molar-refractivity contribution in [1.82, 2.24) is 40.3 Å². The molecule has 1 saturated heterocycles. The Bertz CT molecular complexity index is 2780. The first-order valence-corrected chi connectivity index (χ1v) is 25.2. The molecule has 6 rings (SSSR count). The van der Waals surface area contributed by atoms with E-state index in [0.717, 1.165) is 29.0 Å². The van der Waals surface area contributed by atoms with Crippen LogP contribution in [-0.4, -0.2) is 133 Å². The van der Waals surface area contributed by atoms with Crippen molar-refractivity contribution in [2.45, 2.75) is 50.9 Å². The second-order valence-electron chi connectivity index (χ2n) is 15.2. The Morgan fingerprint density at radius 2 is 1.74 bits per heavy atom. The second-order valence-corrected chi connectivity index (χ2v) is 20.5. The third-order valence-electron chi connectivity index (χ3n) is 9.62. The first kappa shape index (κ1) is 52.4. The van der Waals surface area contributed by atoms with Crippen LogP contribution in [0.1, 0.15) is 36.9 Å².